The Morgan fingerprint density at radius 3 is 2.25 bits per heavy atom. The number of hydrogen-bond acceptors (Lipinski definition) is 0. The SMILES string of the molecule is Fc1ccccc1-c1[c]cccc1-c1ccc(Cl)cc1. The molecule has 0 aliphatic rings. The normalized spacial score (nSPS) is 10.5. The van der Waals surface area contributed by atoms with Gasteiger partial charge in [0.2, 0.25) is 0 Å². The molecule has 0 N–H and O–H groups in total. The summed E-state index contributed by atoms with van der Waals surface area (Å²) in [5, 5.41) is 0.682. The molecule has 1 radical (unpaired) electrons. The average molecular weight is 282 g/mol. The lowest BCUT2D eigenvalue weighted by Crippen LogP contribution is -1.88. The van der Waals surface area contributed by atoms with Crippen molar-refractivity contribution in [3.63, 3.8) is 0 Å². The van der Waals surface area contributed by atoms with Gasteiger partial charge in [-0.25, -0.2) is 4.39 Å². The van der Waals surface area contributed by atoms with Gasteiger partial charge in [-0.3, -0.25) is 0 Å². The van der Waals surface area contributed by atoms with E-state index in [9.17, 15) is 4.39 Å². The van der Waals surface area contributed by atoms with Crippen LogP contribution < -0.4 is 0 Å². The minimum atomic E-state index is -0.245. The standard InChI is InChI=1S/C18H11ClF/c19-14-11-9-13(10-12-14)15-5-1-2-6-16(15)17-7-3-4-8-18(17)20/h1-5,7-12H. The number of benzene rings is 3. The summed E-state index contributed by atoms with van der Waals surface area (Å²) < 4.78 is 14.0. The second-order valence-electron chi connectivity index (χ2n) is 4.45. The van der Waals surface area contributed by atoms with Gasteiger partial charge in [0.1, 0.15) is 5.82 Å². The number of rotatable bonds is 2. The van der Waals surface area contributed by atoms with Crippen molar-refractivity contribution in [3.8, 4) is 22.3 Å². The second-order valence-corrected chi connectivity index (χ2v) is 4.88. The first kappa shape index (κ1) is 12.9. The van der Waals surface area contributed by atoms with E-state index in [4.69, 9.17) is 11.6 Å². The zero-order valence-corrected chi connectivity index (χ0v) is 11.4. The first-order chi connectivity index (χ1) is 9.75. The van der Waals surface area contributed by atoms with Crippen LogP contribution in [0.5, 0.6) is 0 Å². The van der Waals surface area contributed by atoms with Crippen LogP contribution in [-0.4, -0.2) is 0 Å². The van der Waals surface area contributed by atoms with Crippen LogP contribution in [0.15, 0.2) is 66.7 Å². The van der Waals surface area contributed by atoms with Crippen molar-refractivity contribution in [2.75, 3.05) is 0 Å². The summed E-state index contributed by atoms with van der Waals surface area (Å²) in [6.45, 7) is 0. The number of hydrogen-bond donors (Lipinski definition) is 0. The zero-order valence-electron chi connectivity index (χ0n) is 10.6. The van der Waals surface area contributed by atoms with E-state index in [2.05, 4.69) is 6.07 Å². The van der Waals surface area contributed by atoms with Gasteiger partial charge >= 0.3 is 0 Å². The Morgan fingerprint density at radius 2 is 1.50 bits per heavy atom. The summed E-state index contributed by atoms with van der Waals surface area (Å²) in [6, 6.07) is 23.0. The summed E-state index contributed by atoms with van der Waals surface area (Å²) in [5.74, 6) is -0.245. The Bertz CT molecular complexity index is 732. The van der Waals surface area contributed by atoms with Crippen LogP contribution >= 0.6 is 11.6 Å². The molecular weight excluding hydrogens is 271 g/mol. The molecule has 0 bridgehead atoms. The van der Waals surface area contributed by atoms with E-state index in [1.54, 1.807) is 18.2 Å². The van der Waals surface area contributed by atoms with Crippen LogP contribution in [-0.2, 0) is 0 Å². The van der Waals surface area contributed by atoms with E-state index in [-0.39, 0.29) is 5.82 Å². The fourth-order valence-corrected chi connectivity index (χ4v) is 2.32. The van der Waals surface area contributed by atoms with Gasteiger partial charge < -0.3 is 0 Å². The van der Waals surface area contributed by atoms with Crippen molar-refractivity contribution >= 4 is 11.6 Å². The third kappa shape index (κ3) is 2.45. The highest BCUT2D eigenvalue weighted by Crippen LogP contribution is 2.33. The van der Waals surface area contributed by atoms with Gasteiger partial charge in [-0.1, -0.05) is 60.1 Å². The lowest BCUT2D eigenvalue weighted by Gasteiger charge is -2.10. The van der Waals surface area contributed by atoms with E-state index < -0.39 is 0 Å². The average Bonchev–Trinajstić information content (AvgIpc) is 2.49. The predicted molar refractivity (Wildman–Crippen MR) is 81.1 cm³/mol. The van der Waals surface area contributed by atoms with Gasteiger partial charge in [0.25, 0.3) is 0 Å². The van der Waals surface area contributed by atoms with Gasteiger partial charge in [-0.2, -0.15) is 0 Å². The minimum absolute atomic E-state index is 0.245. The van der Waals surface area contributed by atoms with E-state index in [1.807, 2.05) is 42.5 Å². The third-order valence-electron chi connectivity index (χ3n) is 3.15. The van der Waals surface area contributed by atoms with Gasteiger partial charge in [0.05, 0.1) is 0 Å². The maximum atomic E-state index is 14.0. The molecule has 2 heteroatoms. The van der Waals surface area contributed by atoms with Crippen molar-refractivity contribution in [2.24, 2.45) is 0 Å². The molecule has 0 saturated heterocycles. The highest BCUT2D eigenvalue weighted by atomic mass is 35.5. The molecule has 3 rings (SSSR count). The van der Waals surface area contributed by atoms with Crippen molar-refractivity contribution < 1.29 is 4.39 Å². The molecule has 0 unspecified atom stereocenters. The Hall–Kier alpha value is -2.12. The summed E-state index contributed by atoms with van der Waals surface area (Å²) in [6.07, 6.45) is 0. The van der Waals surface area contributed by atoms with Crippen molar-refractivity contribution in [1.82, 2.24) is 0 Å². The summed E-state index contributed by atoms with van der Waals surface area (Å²) >= 11 is 5.91. The first-order valence-corrected chi connectivity index (χ1v) is 6.65. The minimum Gasteiger partial charge on any atom is -0.206 e. The number of halogens is 2. The molecule has 0 aliphatic carbocycles. The molecule has 0 fully saturated rings. The summed E-state index contributed by atoms with van der Waals surface area (Å²) in [5.41, 5.74) is 3.24. The van der Waals surface area contributed by atoms with Crippen molar-refractivity contribution in [1.29, 1.82) is 0 Å². The molecule has 0 amide bonds. The Balaban J connectivity index is 2.19. The van der Waals surface area contributed by atoms with Crippen LogP contribution in [0.4, 0.5) is 4.39 Å². The Labute approximate surface area is 122 Å². The fraction of sp³-hybridized carbons (Fsp3) is 0. The molecule has 0 spiro atoms. The molecule has 3 aromatic rings. The maximum Gasteiger partial charge on any atom is 0.131 e. The van der Waals surface area contributed by atoms with Crippen LogP contribution in [0.2, 0.25) is 5.02 Å². The predicted octanol–water partition coefficient (Wildman–Crippen LogP) is 5.61. The summed E-state index contributed by atoms with van der Waals surface area (Å²) in [7, 11) is 0. The van der Waals surface area contributed by atoms with Gasteiger partial charge in [-0.15, -0.1) is 0 Å². The third-order valence-corrected chi connectivity index (χ3v) is 3.41. The summed E-state index contributed by atoms with van der Waals surface area (Å²) in [4.78, 5) is 0. The molecule has 0 aliphatic heterocycles. The molecule has 0 nitrogen and oxygen atoms in total. The molecule has 97 valence electrons. The molecule has 0 saturated carbocycles. The molecule has 0 heterocycles. The van der Waals surface area contributed by atoms with Gasteiger partial charge in [-0.05, 0) is 35.4 Å². The van der Waals surface area contributed by atoms with Crippen molar-refractivity contribution in [2.45, 2.75) is 0 Å². The van der Waals surface area contributed by atoms with Gasteiger partial charge in [0, 0.05) is 16.1 Å². The first-order valence-electron chi connectivity index (χ1n) is 6.27. The zero-order chi connectivity index (χ0) is 13.9. The topological polar surface area (TPSA) is 0 Å². The van der Waals surface area contributed by atoms with E-state index >= 15 is 0 Å². The molecule has 0 aromatic heterocycles. The lowest BCUT2D eigenvalue weighted by molar-refractivity contribution is 0.631. The van der Waals surface area contributed by atoms with E-state index in [0.717, 1.165) is 16.7 Å². The van der Waals surface area contributed by atoms with Crippen LogP contribution in [0, 0.1) is 11.9 Å². The van der Waals surface area contributed by atoms with Crippen LogP contribution in [0.1, 0.15) is 0 Å². The second kappa shape index (κ2) is 5.48. The molecule has 20 heavy (non-hydrogen) atoms. The Morgan fingerprint density at radius 1 is 0.800 bits per heavy atom. The smallest absolute Gasteiger partial charge is 0.131 e. The Kier molecular flexibility index (Phi) is 3.53. The van der Waals surface area contributed by atoms with E-state index in [0.29, 0.717) is 10.6 Å². The van der Waals surface area contributed by atoms with Crippen LogP contribution in [0.3, 0.4) is 0 Å². The lowest BCUT2D eigenvalue weighted by atomic mass is 9.94. The monoisotopic (exact) mass is 281 g/mol. The molecular formula is C18H11ClF. The highest BCUT2D eigenvalue weighted by Gasteiger charge is 2.10. The van der Waals surface area contributed by atoms with Gasteiger partial charge in [0.15, 0.2) is 0 Å². The fourth-order valence-electron chi connectivity index (χ4n) is 2.19. The van der Waals surface area contributed by atoms with E-state index in [1.165, 1.54) is 6.07 Å². The van der Waals surface area contributed by atoms with Crippen molar-refractivity contribution in [3.05, 3.63) is 83.6 Å². The molecule has 0 atom stereocenters. The van der Waals surface area contributed by atoms with Crippen LogP contribution in [0.25, 0.3) is 22.3 Å². The quantitative estimate of drug-likeness (QED) is 0.572. The largest absolute Gasteiger partial charge is 0.206 e. The highest BCUT2D eigenvalue weighted by molar-refractivity contribution is 6.30. The maximum absolute atomic E-state index is 14.0. The molecule has 3 aromatic carbocycles.